The van der Waals surface area contributed by atoms with Crippen LogP contribution < -0.4 is 4.74 Å². The highest BCUT2D eigenvalue weighted by atomic mass is 32.2. The lowest BCUT2D eigenvalue weighted by molar-refractivity contribution is 0.0994. The molecule has 0 amide bonds. The number of carbonyl (C=O) groups is 1. The summed E-state index contributed by atoms with van der Waals surface area (Å²) in [6, 6.07) is 13.1. The molecule has 2 aromatic carbocycles. The van der Waals surface area contributed by atoms with Crippen molar-refractivity contribution in [1.29, 1.82) is 0 Å². The van der Waals surface area contributed by atoms with Gasteiger partial charge in [0, 0.05) is 12.1 Å². The lowest BCUT2D eigenvalue weighted by atomic mass is 10.1. The number of ether oxygens (including phenoxy) is 1. The Kier molecular flexibility index (Phi) is 6.26. The van der Waals surface area contributed by atoms with Crippen LogP contribution in [-0.4, -0.2) is 32.9 Å². The number of ketones is 1. The first-order valence-electron chi connectivity index (χ1n) is 8.69. The Morgan fingerprint density at radius 3 is 2.64 bits per heavy atom. The van der Waals surface area contributed by atoms with Crippen molar-refractivity contribution in [2.24, 2.45) is 0 Å². The zero-order valence-corrected chi connectivity index (χ0v) is 16.4. The third-order valence-corrected chi connectivity index (χ3v) is 5.24. The molecule has 0 N–H and O–H groups in total. The third kappa shape index (κ3) is 4.14. The van der Waals surface area contributed by atoms with Crippen molar-refractivity contribution in [2.75, 3.05) is 7.11 Å². The summed E-state index contributed by atoms with van der Waals surface area (Å²) in [7, 11) is 1.60. The number of rotatable bonds is 8. The number of benzene rings is 2. The van der Waals surface area contributed by atoms with E-state index in [0.717, 1.165) is 5.56 Å². The Labute approximate surface area is 167 Å². The van der Waals surface area contributed by atoms with E-state index in [1.54, 1.807) is 20.1 Å². The molecular formula is C21H20FN3O2S. The predicted molar refractivity (Wildman–Crippen MR) is 108 cm³/mol. The molecule has 7 heteroatoms. The van der Waals surface area contributed by atoms with E-state index in [1.807, 2.05) is 28.8 Å². The lowest BCUT2D eigenvalue weighted by Crippen LogP contribution is -2.15. The van der Waals surface area contributed by atoms with Crippen molar-refractivity contribution in [1.82, 2.24) is 14.8 Å². The number of hydrogen-bond acceptors (Lipinski definition) is 5. The van der Waals surface area contributed by atoms with Crippen LogP contribution in [-0.2, 0) is 6.54 Å². The van der Waals surface area contributed by atoms with Gasteiger partial charge < -0.3 is 4.74 Å². The Balaban J connectivity index is 1.90. The molecule has 0 fully saturated rings. The van der Waals surface area contributed by atoms with Crippen LogP contribution in [0.5, 0.6) is 5.75 Å². The average Bonchev–Trinajstić information content (AvgIpc) is 3.10. The van der Waals surface area contributed by atoms with Gasteiger partial charge in [-0.05, 0) is 43.3 Å². The summed E-state index contributed by atoms with van der Waals surface area (Å²) in [4.78, 5) is 12.7. The fourth-order valence-electron chi connectivity index (χ4n) is 2.76. The van der Waals surface area contributed by atoms with Gasteiger partial charge in [-0.1, -0.05) is 30.0 Å². The minimum atomic E-state index is -0.413. The SMILES string of the molecule is C=CCn1c(SC(C)C(=O)c2ccc(F)cc2)nnc1-c1ccccc1OC. The fraction of sp³-hybridized carbons (Fsp3) is 0.190. The first-order valence-corrected chi connectivity index (χ1v) is 9.57. The quantitative estimate of drug-likeness (QED) is 0.315. The number of para-hydroxylation sites is 1. The second kappa shape index (κ2) is 8.84. The second-order valence-electron chi connectivity index (χ2n) is 6.04. The number of thioether (sulfide) groups is 1. The maximum Gasteiger partial charge on any atom is 0.192 e. The molecule has 144 valence electrons. The van der Waals surface area contributed by atoms with Crippen LogP contribution in [0.1, 0.15) is 17.3 Å². The summed E-state index contributed by atoms with van der Waals surface area (Å²) in [6.07, 6.45) is 1.75. The van der Waals surface area contributed by atoms with Crippen LogP contribution in [0.2, 0.25) is 0 Å². The number of allylic oxidation sites excluding steroid dienone is 1. The zero-order chi connectivity index (χ0) is 20.1. The molecule has 0 aliphatic carbocycles. The molecule has 0 aliphatic heterocycles. The second-order valence-corrected chi connectivity index (χ2v) is 7.34. The molecule has 3 aromatic rings. The van der Waals surface area contributed by atoms with Crippen molar-refractivity contribution in [3.63, 3.8) is 0 Å². The molecule has 28 heavy (non-hydrogen) atoms. The van der Waals surface area contributed by atoms with E-state index in [1.165, 1.54) is 36.0 Å². The van der Waals surface area contributed by atoms with Crippen LogP contribution in [0.25, 0.3) is 11.4 Å². The van der Waals surface area contributed by atoms with Crippen molar-refractivity contribution >= 4 is 17.5 Å². The largest absolute Gasteiger partial charge is 0.496 e. The van der Waals surface area contributed by atoms with Crippen LogP contribution >= 0.6 is 11.8 Å². The smallest absolute Gasteiger partial charge is 0.192 e. The molecule has 1 heterocycles. The van der Waals surface area contributed by atoms with Crippen LogP contribution in [0, 0.1) is 5.82 Å². The van der Waals surface area contributed by atoms with Gasteiger partial charge in [0.05, 0.1) is 17.9 Å². The minimum absolute atomic E-state index is 0.100. The molecule has 3 rings (SSSR count). The Morgan fingerprint density at radius 1 is 1.25 bits per heavy atom. The number of nitrogens with zero attached hydrogens (tertiary/aromatic N) is 3. The monoisotopic (exact) mass is 397 g/mol. The van der Waals surface area contributed by atoms with Gasteiger partial charge in [-0.2, -0.15) is 0 Å². The predicted octanol–water partition coefficient (Wildman–Crippen LogP) is 4.64. The summed E-state index contributed by atoms with van der Waals surface area (Å²) in [6.45, 7) is 6.09. The van der Waals surface area contributed by atoms with Crippen LogP contribution in [0.4, 0.5) is 4.39 Å². The molecule has 5 nitrogen and oxygen atoms in total. The van der Waals surface area contributed by atoms with E-state index in [0.29, 0.717) is 28.8 Å². The highest BCUT2D eigenvalue weighted by Crippen LogP contribution is 2.32. The number of hydrogen-bond donors (Lipinski definition) is 0. The average molecular weight is 397 g/mol. The Morgan fingerprint density at radius 2 is 1.96 bits per heavy atom. The highest BCUT2D eigenvalue weighted by molar-refractivity contribution is 8.00. The molecule has 0 spiro atoms. The molecule has 0 bridgehead atoms. The first kappa shape index (κ1) is 19.8. The van der Waals surface area contributed by atoms with Gasteiger partial charge in [0.25, 0.3) is 0 Å². The minimum Gasteiger partial charge on any atom is -0.496 e. The fourth-order valence-corrected chi connectivity index (χ4v) is 3.69. The van der Waals surface area contributed by atoms with Gasteiger partial charge in [0.2, 0.25) is 0 Å². The van der Waals surface area contributed by atoms with Crippen LogP contribution in [0.3, 0.4) is 0 Å². The van der Waals surface area contributed by atoms with Gasteiger partial charge >= 0.3 is 0 Å². The summed E-state index contributed by atoms with van der Waals surface area (Å²) < 4.78 is 20.4. The van der Waals surface area contributed by atoms with Crippen LogP contribution in [0.15, 0.2) is 66.3 Å². The van der Waals surface area contributed by atoms with Crippen molar-refractivity contribution in [2.45, 2.75) is 23.9 Å². The Hall–Kier alpha value is -2.93. The van der Waals surface area contributed by atoms with Crippen molar-refractivity contribution in [3.05, 3.63) is 72.6 Å². The van der Waals surface area contributed by atoms with E-state index in [-0.39, 0.29) is 11.6 Å². The normalized spacial score (nSPS) is 11.8. The van der Waals surface area contributed by atoms with E-state index in [4.69, 9.17) is 4.74 Å². The van der Waals surface area contributed by atoms with Gasteiger partial charge in [-0.3, -0.25) is 9.36 Å². The summed E-state index contributed by atoms with van der Waals surface area (Å²) in [5, 5.41) is 8.78. The topological polar surface area (TPSA) is 57.0 Å². The van der Waals surface area contributed by atoms with Gasteiger partial charge in [0.1, 0.15) is 11.6 Å². The lowest BCUT2D eigenvalue weighted by Gasteiger charge is -2.13. The number of methoxy groups -OCH3 is 1. The van der Waals surface area contributed by atoms with Gasteiger partial charge in [0.15, 0.2) is 16.8 Å². The molecular weight excluding hydrogens is 377 g/mol. The molecule has 0 aliphatic rings. The standard InChI is InChI=1S/C21H20FN3O2S/c1-4-13-25-20(17-7-5-6-8-18(17)27-3)23-24-21(25)28-14(2)19(26)15-9-11-16(22)12-10-15/h4-12,14H,1,13H2,2-3H3. The third-order valence-electron chi connectivity index (χ3n) is 4.16. The Bertz CT molecular complexity index is 986. The number of carbonyl (C=O) groups excluding carboxylic acids is 1. The summed E-state index contributed by atoms with van der Waals surface area (Å²) in [5.74, 6) is 0.856. The van der Waals surface area contributed by atoms with Gasteiger partial charge in [-0.25, -0.2) is 4.39 Å². The van der Waals surface area contributed by atoms with E-state index >= 15 is 0 Å². The zero-order valence-electron chi connectivity index (χ0n) is 15.6. The number of Topliss-reactive ketones (excluding diaryl/α,β-unsaturated/α-hetero) is 1. The molecule has 0 saturated carbocycles. The van der Waals surface area contributed by atoms with E-state index < -0.39 is 5.25 Å². The van der Waals surface area contributed by atoms with Gasteiger partial charge in [-0.15, -0.1) is 16.8 Å². The summed E-state index contributed by atoms with van der Waals surface area (Å²) in [5.41, 5.74) is 1.27. The van der Waals surface area contributed by atoms with E-state index in [2.05, 4.69) is 16.8 Å². The first-order chi connectivity index (χ1) is 13.5. The van der Waals surface area contributed by atoms with Crippen molar-refractivity contribution in [3.8, 4) is 17.1 Å². The summed E-state index contributed by atoms with van der Waals surface area (Å²) >= 11 is 1.30. The highest BCUT2D eigenvalue weighted by Gasteiger charge is 2.22. The maximum atomic E-state index is 13.1. The molecule has 1 atom stereocenters. The maximum absolute atomic E-state index is 13.1. The van der Waals surface area contributed by atoms with E-state index in [9.17, 15) is 9.18 Å². The number of aromatic nitrogens is 3. The molecule has 0 radical (unpaired) electrons. The molecule has 0 saturated heterocycles. The molecule has 1 aromatic heterocycles. The van der Waals surface area contributed by atoms with Crippen molar-refractivity contribution < 1.29 is 13.9 Å². The number of halogens is 1. The molecule has 1 unspecified atom stereocenters.